The second-order valence-electron chi connectivity index (χ2n) is 5.17. The second kappa shape index (κ2) is 5.28. The molecule has 1 aliphatic rings. The number of carbonyl (C=O) groups is 2. The van der Waals surface area contributed by atoms with Gasteiger partial charge in [0, 0.05) is 25.2 Å². The van der Waals surface area contributed by atoms with Crippen LogP contribution in [-0.2, 0) is 11.2 Å². The highest BCUT2D eigenvalue weighted by Gasteiger charge is 2.31. The number of nitrogens with zero attached hydrogens (tertiary/aromatic N) is 5. The third kappa shape index (κ3) is 2.07. The van der Waals surface area contributed by atoms with E-state index in [-0.39, 0.29) is 17.8 Å². The first kappa shape index (κ1) is 14.3. The number of methoxy groups -OCH3 is 1. The molecule has 0 saturated carbocycles. The van der Waals surface area contributed by atoms with Crippen LogP contribution in [-0.4, -0.2) is 55.9 Å². The van der Waals surface area contributed by atoms with Crippen LogP contribution in [0.1, 0.15) is 30.0 Å². The summed E-state index contributed by atoms with van der Waals surface area (Å²) in [5.74, 6) is -0.499. The molecule has 0 aromatic carbocycles. The summed E-state index contributed by atoms with van der Waals surface area (Å²) in [5.41, 5.74) is 1.78. The Kier molecular flexibility index (Phi) is 3.44. The van der Waals surface area contributed by atoms with Crippen molar-refractivity contribution in [2.45, 2.75) is 26.3 Å². The predicted molar refractivity (Wildman–Crippen MR) is 77.0 cm³/mol. The van der Waals surface area contributed by atoms with Gasteiger partial charge in [0.2, 0.25) is 0 Å². The molecule has 116 valence electrons. The minimum absolute atomic E-state index is 0.101. The molecule has 0 radical (unpaired) electrons. The molecule has 0 aliphatic carbocycles. The van der Waals surface area contributed by atoms with E-state index < -0.39 is 5.97 Å². The Balaban J connectivity index is 2.00. The molecule has 2 aromatic heterocycles. The van der Waals surface area contributed by atoms with Crippen molar-refractivity contribution in [2.24, 2.45) is 0 Å². The van der Waals surface area contributed by atoms with Gasteiger partial charge in [0.25, 0.3) is 0 Å². The number of likely N-dealkylation sites (N-methyl/N-ethyl adjacent to an activating group) is 1. The monoisotopic (exact) mass is 303 g/mol. The normalized spacial score (nSPS) is 17.5. The van der Waals surface area contributed by atoms with Crippen molar-refractivity contribution in [1.82, 2.24) is 24.2 Å². The molecule has 1 amide bonds. The number of imidazole rings is 1. The van der Waals surface area contributed by atoms with Crippen molar-refractivity contribution in [1.29, 1.82) is 0 Å². The maximum Gasteiger partial charge on any atom is 0.358 e. The van der Waals surface area contributed by atoms with E-state index in [4.69, 9.17) is 0 Å². The molecule has 3 rings (SSSR count). The van der Waals surface area contributed by atoms with Crippen LogP contribution in [0.5, 0.6) is 0 Å². The fourth-order valence-corrected chi connectivity index (χ4v) is 2.75. The zero-order chi connectivity index (χ0) is 15.9. The molecule has 2 aromatic rings. The number of hydrogen-bond acceptors (Lipinski definition) is 5. The average Bonchev–Trinajstić information content (AvgIpc) is 3.13. The van der Waals surface area contributed by atoms with E-state index in [9.17, 15) is 9.59 Å². The van der Waals surface area contributed by atoms with Crippen LogP contribution < -0.4 is 0 Å². The standard InChI is InChI=1S/C14H17N5O3/c1-4-18-9(2)5-11-12(6-16-19(11)14(18)21)17-7-10(15-8-17)13(20)22-3/h6-9H,4-5H2,1-3H3. The molecule has 0 spiro atoms. The quantitative estimate of drug-likeness (QED) is 0.793. The highest BCUT2D eigenvalue weighted by molar-refractivity contribution is 5.87. The molecule has 1 atom stereocenters. The van der Waals surface area contributed by atoms with Crippen molar-refractivity contribution in [3.8, 4) is 5.69 Å². The topological polar surface area (TPSA) is 82.3 Å². The van der Waals surface area contributed by atoms with Crippen molar-refractivity contribution in [3.05, 3.63) is 30.1 Å². The molecule has 22 heavy (non-hydrogen) atoms. The van der Waals surface area contributed by atoms with E-state index in [1.165, 1.54) is 18.1 Å². The van der Waals surface area contributed by atoms with Crippen LogP contribution in [0, 0.1) is 0 Å². The third-order valence-corrected chi connectivity index (χ3v) is 3.89. The van der Waals surface area contributed by atoms with Gasteiger partial charge < -0.3 is 14.2 Å². The van der Waals surface area contributed by atoms with Gasteiger partial charge in [0.05, 0.1) is 24.7 Å². The smallest absolute Gasteiger partial charge is 0.358 e. The van der Waals surface area contributed by atoms with E-state index in [1.54, 1.807) is 21.9 Å². The van der Waals surface area contributed by atoms with E-state index >= 15 is 0 Å². The van der Waals surface area contributed by atoms with Gasteiger partial charge in [-0.2, -0.15) is 9.78 Å². The molecule has 1 aliphatic heterocycles. The summed E-state index contributed by atoms with van der Waals surface area (Å²) in [7, 11) is 1.31. The summed E-state index contributed by atoms with van der Waals surface area (Å²) in [5, 5.41) is 4.18. The molecule has 0 saturated heterocycles. The minimum atomic E-state index is -0.499. The van der Waals surface area contributed by atoms with E-state index in [0.717, 1.165) is 11.4 Å². The number of rotatable bonds is 3. The van der Waals surface area contributed by atoms with Crippen molar-refractivity contribution < 1.29 is 14.3 Å². The van der Waals surface area contributed by atoms with E-state index in [1.807, 2.05) is 13.8 Å². The van der Waals surface area contributed by atoms with Gasteiger partial charge in [-0.15, -0.1) is 0 Å². The molecule has 8 heteroatoms. The summed E-state index contributed by atoms with van der Waals surface area (Å²) in [6, 6.07) is -0.0279. The maximum atomic E-state index is 12.4. The Morgan fingerprint density at radius 1 is 1.50 bits per heavy atom. The Labute approximate surface area is 127 Å². The zero-order valence-electron chi connectivity index (χ0n) is 12.7. The van der Waals surface area contributed by atoms with Gasteiger partial charge in [0.1, 0.15) is 6.33 Å². The first-order valence-electron chi connectivity index (χ1n) is 7.07. The summed E-state index contributed by atoms with van der Waals surface area (Å²) in [6.45, 7) is 4.60. The molecule has 0 bridgehead atoms. The highest BCUT2D eigenvalue weighted by atomic mass is 16.5. The minimum Gasteiger partial charge on any atom is -0.464 e. The number of aromatic nitrogens is 4. The lowest BCUT2D eigenvalue weighted by Crippen LogP contribution is -2.47. The van der Waals surface area contributed by atoms with Crippen molar-refractivity contribution in [2.75, 3.05) is 13.7 Å². The Morgan fingerprint density at radius 2 is 2.27 bits per heavy atom. The fraction of sp³-hybridized carbons (Fsp3) is 0.429. The van der Waals surface area contributed by atoms with Gasteiger partial charge in [-0.1, -0.05) is 0 Å². The fourth-order valence-electron chi connectivity index (χ4n) is 2.75. The van der Waals surface area contributed by atoms with Crippen LogP contribution >= 0.6 is 0 Å². The molecule has 0 fully saturated rings. The molecular weight excluding hydrogens is 286 g/mol. The third-order valence-electron chi connectivity index (χ3n) is 3.89. The number of hydrogen-bond donors (Lipinski definition) is 0. The zero-order valence-corrected chi connectivity index (χ0v) is 12.7. The van der Waals surface area contributed by atoms with Crippen LogP contribution in [0.15, 0.2) is 18.7 Å². The van der Waals surface area contributed by atoms with Crippen LogP contribution in [0.25, 0.3) is 5.69 Å². The number of ether oxygens (including phenoxy) is 1. The lowest BCUT2D eigenvalue weighted by atomic mass is 10.1. The molecule has 0 N–H and O–H groups in total. The molecule has 3 heterocycles. The number of amides is 1. The number of fused-ring (bicyclic) bond motifs is 1. The first-order valence-corrected chi connectivity index (χ1v) is 7.07. The second-order valence-corrected chi connectivity index (χ2v) is 5.17. The van der Waals surface area contributed by atoms with Gasteiger partial charge in [-0.3, -0.25) is 0 Å². The molecular formula is C14H17N5O3. The largest absolute Gasteiger partial charge is 0.464 e. The first-order chi connectivity index (χ1) is 10.6. The maximum absolute atomic E-state index is 12.4. The molecule has 1 unspecified atom stereocenters. The van der Waals surface area contributed by atoms with Crippen LogP contribution in [0.2, 0.25) is 0 Å². The van der Waals surface area contributed by atoms with Crippen LogP contribution in [0.3, 0.4) is 0 Å². The van der Waals surface area contributed by atoms with Gasteiger partial charge in [-0.25, -0.2) is 14.6 Å². The summed E-state index contributed by atoms with van der Waals surface area (Å²) < 4.78 is 7.75. The van der Waals surface area contributed by atoms with E-state index in [2.05, 4.69) is 14.8 Å². The van der Waals surface area contributed by atoms with E-state index in [0.29, 0.717) is 13.0 Å². The summed E-state index contributed by atoms with van der Waals surface area (Å²) in [6.07, 6.45) is 5.40. The van der Waals surface area contributed by atoms with Gasteiger partial charge >= 0.3 is 12.0 Å². The summed E-state index contributed by atoms with van der Waals surface area (Å²) >= 11 is 0. The Morgan fingerprint density at radius 3 is 2.95 bits per heavy atom. The number of esters is 1. The van der Waals surface area contributed by atoms with Crippen molar-refractivity contribution >= 4 is 12.0 Å². The lowest BCUT2D eigenvalue weighted by molar-refractivity contribution is 0.0594. The molecule has 8 nitrogen and oxygen atoms in total. The highest BCUT2D eigenvalue weighted by Crippen LogP contribution is 2.23. The summed E-state index contributed by atoms with van der Waals surface area (Å²) in [4.78, 5) is 29.7. The van der Waals surface area contributed by atoms with Crippen molar-refractivity contribution in [3.63, 3.8) is 0 Å². The Hall–Kier alpha value is -2.64. The average molecular weight is 303 g/mol. The van der Waals surface area contributed by atoms with Gasteiger partial charge in [0.15, 0.2) is 5.69 Å². The number of carbonyl (C=O) groups excluding carboxylic acids is 2. The van der Waals surface area contributed by atoms with Crippen LogP contribution in [0.4, 0.5) is 4.79 Å². The van der Waals surface area contributed by atoms with Gasteiger partial charge in [-0.05, 0) is 13.8 Å². The Bertz CT molecular complexity index is 733. The SMILES string of the molecule is CCN1C(=O)n2ncc(-n3cnc(C(=O)OC)c3)c2CC1C. The lowest BCUT2D eigenvalue weighted by Gasteiger charge is -2.32. The predicted octanol–water partition coefficient (Wildman–Crippen LogP) is 1.09.